The fourth-order valence-corrected chi connectivity index (χ4v) is 5.07. The zero-order valence-corrected chi connectivity index (χ0v) is 17.6. The number of benzene rings is 2. The lowest BCUT2D eigenvalue weighted by molar-refractivity contribution is -0.140. The van der Waals surface area contributed by atoms with Gasteiger partial charge in [0.2, 0.25) is 0 Å². The van der Waals surface area contributed by atoms with E-state index in [1.54, 1.807) is 19.1 Å². The Morgan fingerprint density at radius 1 is 1.21 bits per heavy atom. The van der Waals surface area contributed by atoms with Crippen LogP contribution in [0.25, 0.3) is 0 Å². The second-order valence-corrected chi connectivity index (χ2v) is 9.03. The van der Waals surface area contributed by atoms with Gasteiger partial charge in [0.15, 0.2) is 0 Å². The Morgan fingerprint density at radius 2 is 1.93 bits per heavy atom. The van der Waals surface area contributed by atoms with E-state index in [1.165, 1.54) is 30.6 Å². The van der Waals surface area contributed by atoms with E-state index in [-0.39, 0.29) is 16.4 Å². The van der Waals surface area contributed by atoms with Crippen molar-refractivity contribution in [2.24, 2.45) is 0 Å². The van der Waals surface area contributed by atoms with Crippen molar-refractivity contribution in [1.82, 2.24) is 5.32 Å². The lowest BCUT2D eigenvalue weighted by Crippen LogP contribution is -2.26. The van der Waals surface area contributed by atoms with Crippen molar-refractivity contribution in [3.05, 3.63) is 58.9 Å². The molecular formula is C21H25FN2O4S. The van der Waals surface area contributed by atoms with Gasteiger partial charge in [0.05, 0.1) is 23.7 Å². The molecule has 8 heteroatoms. The number of sulfonamides is 1. The molecule has 6 nitrogen and oxygen atoms in total. The van der Waals surface area contributed by atoms with Crippen LogP contribution in [-0.4, -0.2) is 35.1 Å². The van der Waals surface area contributed by atoms with Gasteiger partial charge in [-0.2, -0.15) is 0 Å². The van der Waals surface area contributed by atoms with Crippen LogP contribution >= 0.6 is 0 Å². The summed E-state index contributed by atoms with van der Waals surface area (Å²) >= 11 is 0. The maximum absolute atomic E-state index is 14.4. The first-order valence-electron chi connectivity index (χ1n) is 9.45. The third kappa shape index (κ3) is 4.13. The molecule has 0 radical (unpaired) electrons. The van der Waals surface area contributed by atoms with Crippen LogP contribution in [0.15, 0.2) is 41.3 Å². The Morgan fingerprint density at radius 3 is 2.66 bits per heavy atom. The normalized spacial score (nSPS) is 17.2. The zero-order valence-electron chi connectivity index (χ0n) is 16.7. The van der Waals surface area contributed by atoms with Gasteiger partial charge < -0.3 is 10.1 Å². The van der Waals surface area contributed by atoms with Crippen molar-refractivity contribution in [3.63, 3.8) is 0 Å². The number of nitrogens with zero attached hydrogens (tertiary/aromatic N) is 1. The Labute approximate surface area is 170 Å². The first kappa shape index (κ1) is 21.3. The van der Waals surface area contributed by atoms with Crippen LogP contribution in [0.5, 0.6) is 0 Å². The average Bonchev–Trinajstić information content (AvgIpc) is 2.77. The van der Waals surface area contributed by atoms with Gasteiger partial charge in [-0.25, -0.2) is 12.8 Å². The molecule has 1 atom stereocenters. The van der Waals surface area contributed by atoms with Crippen LogP contribution in [0.2, 0.25) is 0 Å². The number of carbonyl (C=O) groups excluding carboxylic acids is 1. The van der Waals surface area contributed by atoms with Crippen molar-refractivity contribution in [3.8, 4) is 0 Å². The third-order valence-corrected chi connectivity index (χ3v) is 7.04. The van der Waals surface area contributed by atoms with Crippen LogP contribution in [-0.2, 0) is 19.6 Å². The molecule has 1 N–H and O–H groups in total. The fraction of sp³-hybridized carbons (Fsp3) is 0.381. The highest BCUT2D eigenvalue weighted by atomic mass is 32.2. The molecule has 1 heterocycles. The molecule has 0 saturated heterocycles. The molecular weight excluding hydrogens is 395 g/mol. The number of ether oxygens (including phenoxy) is 1. The first-order valence-corrected chi connectivity index (χ1v) is 10.9. The molecule has 0 spiro atoms. The third-order valence-electron chi connectivity index (χ3n) is 5.21. The molecule has 0 bridgehead atoms. The van der Waals surface area contributed by atoms with Gasteiger partial charge in [-0.05, 0) is 61.2 Å². The van der Waals surface area contributed by atoms with Crippen LogP contribution in [0, 0.1) is 12.7 Å². The molecule has 156 valence electrons. The van der Waals surface area contributed by atoms with Crippen molar-refractivity contribution < 1.29 is 22.3 Å². The average molecular weight is 421 g/mol. The van der Waals surface area contributed by atoms with E-state index in [2.05, 4.69) is 10.1 Å². The predicted octanol–water partition coefficient (Wildman–Crippen LogP) is 3.29. The van der Waals surface area contributed by atoms with Gasteiger partial charge in [-0.15, -0.1) is 0 Å². The smallest absolute Gasteiger partial charge is 0.305 e. The fourth-order valence-electron chi connectivity index (χ4n) is 3.55. The molecule has 2 aromatic rings. The van der Waals surface area contributed by atoms with E-state index in [1.807, 2.05) is 12.1 Å². The van der Waals surface area contributed by atoms with Gasteiger partial charge in [-0.1, -0.05) is 18.2 Å². The molecule has 29 heavy (non-hydrogen) atoms. The SMILES string of the molecule is COC(=O)CCCCNC1c2ccccc2N(C)S(=O)(=O)c2cc(C)c(F)cc21. The number of rotatable bonds is 6. The van der Waals surface area contributed by atoms with Crippen LogP contribution in [0.1, 0.15) is 42.0 Å². The number of carbonyl (C=O) groups is 1. The molecule has 1 aliphatic rings. The number of fused-ring (bicyclic) bond motifs is 2. The van der Waals surface area contributed by atoms with E-state index in [4.69, 9.17) is 0 Å². The molecule has 0 aromatic heterocycles. The van der Waals surface area contributed by atoms with Gasteiger partial charge in [0.1, 0.15) is 5.82 Å². The summed E-state index contributed by atoms with van der Waals surface area (Å²) in [5.41, 5.74) is 1.98. The number of halogens is 1. The summed E-state index contributed by atoms with van der Waals surface area (Å²) in [6.45, 7) is 2.09. The number of hydrogen-bond donors (Lipinski definition) is 1. The summed E-state index contributed by atoms with van der Waals surface area (Å²) in [4.78, 5) is 11.4. The van der Waals surface area contributed by atoms with E-state index in [0.29, 0.717) is 37.1 Å². The number of aryl methyl sites for hydroxylation is 1. The molecule has 3 rings (SSSR count). The van der Waals surface area contributed by atoms with Crippen LogP contribution < -0.4 is 9.62 Å². The highest BCUT2D eigenvalue weighted by Crippen LogP contribution is 2.40. The summed E-state index contributed by atoms with van der Waals surface area (Å²) in [6, 6.07) is 9.42. The Kier molecular flexibility index (Phi) is 6.24. The van der Waals surface area contributed by atoms with Gasteiger partial charge in [0, 0.05) is 13.5 Å². The molecule has 0 saturated carbocycles. The second kappa shape index (κ2) is 8.51. The summed E-state index contributed by atoms with van der Waals surface area (Å²) in [6.07, 6.45) is 1.66. The standard InChI is InChI=1S/C21H25FN2O4S/c1-14-12-19-16(13-17(14)22)21(23-11-7-6-10-20(25)28-3)15-8-4-5-9-18(15)24(2)29(19,26)27/h4-5,8-9,12-13,21,23H,6-7,10-11H2,1-3H3. The summed E-state index contributed by atoms with van der Waals surface area (Å²) < 4.78 is 46.7. The van der Waals surface area contributed by atoms with Gasteiger partial charge >= 0.3 is 5.97 Å². The maximum atomic E-state index is 14.4. The molecule has 1 aliphatic heterocycles. The Bertz CT molecular complexity index is 1020. The number of nitrogens with one attached hydrogen (secondary N) is 1. The van der Waals surface area contributed by atoms with E-state index in [0.717, 1.165) is 5.56 Å². The lowest BCUT2D eigenvalue weighted by atomic mass is 9.95. The predicted molar refractivity (Wildman–Crippen MR) is 109 cm³/mol. The summed E-state index contributed by atoms with van der Waals surface area (Å²) in [5.74, 6) is -0.709. The van der Waals surface area contributed by atoms with Gasteiger partial charge in [0.25, 0.3) is 10.0 Å². The summed E-state index contributed by atoms with van der Waals surface area (Å²) in [7, 11) is -0.963. The van der Waals surface area contributed by atoms with Crippen molar-refractivity contribution in [2.75, 3.05) is 25.0 Å². The molecule has 0 fully saturated rings. The van der Waals surface area contributed by atoms with Crippen molar-refractivity contribution in [1.29, 1.82) is 0 Å². The number of methoxy groups -OCH3 is 1. The first-order chi connectivity index (χ1) is 13.8. The number of hydrogen-bond acceptors (Lipinski definition) is 5. The number of anilines is 1. The van der Waals surface area contributed by atoms with E-state index in [9.17, 15) is 17.6 Å². The van der Waals surface area contributed by atoms with Crippen molar-refractivity contribution >= 4 is 21.7 Å². The summed E-state index contributed by atoms with van der Waals surface area (Å²) in [5, 5.41) is 3.36. The quantitative estimate of drug-likeness (QED) is 0.573. The minimum atomic E-state index is -3.83. The van der Waals surface area contributed by atoms with E-state index < -0.39 is 21.9 Å². The number of unbranched alkanes of at least 4 members (excludes halogenated alkanes) is 1. The highest BCUT2D eigenvalue weighted by molar-refractivity contribution is 7.92. The minimum absolute atomic E-state index is 0.0992. The topological polar surface area (TPSA) is 75.7 Å². The molecule has 1 unspecified atom stereocenters. The maximum Gasteiger partial charge on any atom is 0.305 e. The molecule has 0 aliphatic carbocycles. The van der Waals surface area contributed by atoms with Crippen LogP contribution in [0.4, 0.5) is 10.1 Å². The molecule has 2 aromatic carbocycles. The number of para-hydroxylation sites is 1. The van der Waals surface area contributed by atoms with E-state index >= 15 is 0 Å². The molecule has 0 amide bonds. The highest BCUT2D eigenvalue weighted by Gasteiger charge is 2.35. The Hall–Kier alpha value is -2.45. The minimum Gasteiger partial charge on any atom is -0.469 e. The number of esters is 1. The van der Waals surface area contributed by atoms with Crippen LogP contribution in [0.3, 0.4) is 0 Å². The monoisotopic (exact) mass is 420 g/mol. The lowest BCUT2D eigenvalue weighted by Gasteiger charge is -2.22. The second-order valence-electron chi connectivity index (χ2n) is 7.09. The van der Waals surface area contributed by atoms with Gasteiger partial charge in [-0.3, -0.25) is 9.10 Å². The van der Waals surface area contributed by atoms with Crippen molar-refractivity contribution in [2.45, 2.75) is 37.1 Å². The zero-order chi connectivity index (χ0) is 21.2. The largest absolute Gasteiger partial charge is 0.469 e. The Balaban J connectivity index is 2.00.